The Labute approximate surface area is 183 Å². The molecule has 5 rings (SSSR count). The summed E-state index contributed by atoms with van der Waals surface area (Å²) in [6, 6.07) is 27.2. The van der Waals surface area contributed by atoms with Crippen molar-refractivity contribution in [1.29, 1.82) is 0 Å². The van der Waals surface area contributed by atoms with Crippen LogP contribution >= 0.6 is 0 Å². The minimum absolute atomic E-state index is 0.150. The molecule has 0 unspecified atom stereocenters. The average molecular weight is 427 g/mol. The van der Waals surface area contributed by atoms with Crippen molar-refractivity contribution in [3.05, 3.63) is 107 Å². The highest BCUT2D eigenvalue weighted by molar-refractivity contribution is 7.87. The summed E-state index contributed by atoms with van der Waals surface area (Å²) in [5.41, 5.74) is 9.06. The lowest BCUT2D eigenvalue weighted by Gasteiger charge is -2.16. The van der Waals surface area contributed by atoms with Crippen LogP contribution in [0.5, 0.6) is 5.75 Å². The Morgan fingerprint density at radius 2 is 1.32 bits per heavy atom. The fraction of sp³-hybridized carbons (Fsp3) is 0.111. The Kier molecular flexibility index (Phi) is 4.67. The third-order valence-electron chi connectivity index (χ3n) is 5.85. The molecule has 1 aliphatic carbocycles. The summed E-state index contributed by atoms with van der Waals surface area (Å²) in [6.45, 7) is 3.79. The van der Waals surface area contributed by atoms with Gasteiger partial charge in [-0.05, 0) is 89.0 Å². The van der Waals surface area contributed by atoms with Gasteiger partial charge >= 0.3 is 10.1 Å². The molecule has 0 spiro atoms. The van der Waals surface area contributed by atoms with Crippen LogP contribution in [0.1, 0.15) is 22.3 Å². The third-order valence-corrected chi connectivity index (χ3v) is 7.08. The van der Waals surface area contributed by atoms with Gasteiger partial charge in [0.1, 0.15) is 10.6 Å². The predicted octanol–water partition coefficient (Wildman–Crippen LogP) is 6.31. The van der Waals surface area contributed by atoms with Crippen molar-refractivity contribution in [3.8, 4) is 28.0 Å². The summed E-state index contributed by atoms with van der Waals surface area (Å²) in [7, 11) is -3.88. The maximum absolute atomic E-state index is 12.7. The Bertz CT molecular complexity index is 1380. The summed E-state index contributed by atoms with van der Waals surface area (Å²) >= 11 is 0. The lowest BCUT2D eigenvalue weighted by atomic mass is 9.93. The van der Waals surface area contributed by atoms with E-state index in [4.69, 9.17) is 4.18 Å². The van der Waals surface area contributed by atoms with Crippen LogP contribution < -0.4 is 4.18 Å². The van der Waals surface area contributed by atoms with Crippen molar-refractivity contribution in [2.45, 2.75) is 25.2 Å². The zero-order chi connectivity index (χ0) is 21.6. The molecule has 0 N–H and O–H groups in total. The Balaban J connectivity index is 1.55. The lowest BCUT2D eigenvalue weighted by molar-refractivity contribution is 0.482. The molecule has 0 radical (unpaired) electrons. The van der Waals surface area contributed by atoms with Gasteiger partial charge in [-0.15, -0.1) is 0 Å². The highest BCUT2D eigenvalue weighted by Gasteiger charge is 2.23. The molecule has 0 saturated carbocycles. The number of hydrogen-bond donors (Lipinski definition) is 0. The molecule has 4 heteroatoms. The van der Waals surface area contributed by atoms with E-state index in [-0.39, 0.29) is 4.90 Å². The van der Waals surface area contributed by atoms with Gasteiger partial charge in [-0.1, -0.05) is 60.7 Å². The monoisotopic (exact) mass is 426 g/mol. The molecule has 154 valence electrons. The molecule has 0 bridgehead atoms. The number of aryl methyl sites for hydroxylation is 2. The SMILES string of the molecule is Cc1cc(-c2cccc3c2Cc2ccccc2-3)cc(C)c1OS(=O)(=O)c1ccccc1. The summed E-state index contributed by atoms with van der Waals surface area (Å²) < 4.78 is 31.0. The zero-order valence-corrected chi connectivity index (χ0v) is 18.2. The fourth-order valence-corrected chi connectivity index (χ4v) is 5.48. The zero-order valence-electron chi connectivity index (χ0n) is 17.4. The summed E-state index contributed by atoms with van der Waals surface area (Å²) in [4.78, 5) is 0.150. The molecule has 0 atom stereocenters. The summed E-state index contributed by atoms with van der Waals surface area (Å²) in [5.74, 6) is 0.392. The first-order valence-electron chi connectivity index (χ1n) is 10.3. The predicted molar refractivity (Wildman–Crippen MR) is 124 cm³/mol. The molecule has 0 aliphatic heterocycles. The van der Waals surface area contributed by atoms with Crippen LogP contribution in [0, 0.1) is 13.8 Å². The van der Waals surface area contributed by atoms with Crippen LogP contribution in [0.25, 0.3) is 22.3 Å². The molecule has 4 aromatic rings. The van der Waals surface area contributed by atoms with E-state index in [1.807, 2.05) is 26.0 Å². The molecule has 0 aromatic heterocycles. The number of hydrogen-bond acceptors (Lipinski definition) is 3. The largest absolute Gasteiger partial charge is 0.378 e. The van der Waals surface area contributed by atoms with Crippen molar-refractivity contribution in [2.24, 2.45) is 0 Å². The second-order valence-electron chi connectivity index (χ2n) is 7.96. The van der Waals surface area contributed by atoms with Gasteiger partial charge in [0, 0.05) is 0 Å². The first-order valence-corrected chi connectivity index (χ1v) is 11.7. The van der Waals surface area contributed by atoms with E-state index in [1.165, 1.54) is 27.8 Å². The molecule has 0 fully saturated rings. The highest BCUT2D eigenvalue weighted by atomic mass is 32.2. The topological polar surface area (TPSA) is 43.4 Å². The van der Waals surface area contributed by atoms with E-state index >= 15 is 0 Å². The minimum Gasteiger partial charge on any atom is -0.378 e. The van der Waals surface area contributed by atoms with Gasteiger partial charge < -0.3 is 4.18 Å². The van der Waals surface area contributed by atoms with Crippen LogP contribution in [0.3, 0.4) is 0 Å². The van der Waals surface area contributed by atoms with Gasteiger partial charge in [-0.2, -0.15) is 8.42 Å². The maximum Gasteiger partial charge on any atom is 0.339 e. The van der Waals surface area contributed by atoms with Crippen molar-refractivity contribution < 1.29 is 12.6 Å². The first kappa shape index (κ1) is 19.6. The van der Waals surface area contributed by atoms with E-state index in [2.05, 4.69) is 42.5 Å². The van der Waals surface area contributed by atoms with E-state index in [0.717, 1.165) is 23.1 Å². The highest BCUT2D eigenvalue weighted by Crippen LogP contribution is 2.42. The Hall–Kier alpha value is -3.37. The molecular weight excluding hydrogens is 404 g/mol. The van der Waals surface area contributed by atoms with E-state index < -0.39 is 10.1 Å². The Morgan fingerprint density at radius 3 is 2.06 bits per heavy atom. The van der Waals surface area contributed by atoms with Crippen molar-refractivity contribution in [1.82, 2.24) is 0 Å². The standard InChI is InChI=1S/C27H22O3S/c1-18-15-21(16-19(2)27(18)30-31(28,29)22-10-4-3-5-11-22)24-13-8-14-25-23-12-7-6-9-20(23)17-26(24)25/h3-16H,17H2,1-2H3. The van der Waals surface area contributed by atoms with Crippen LogP contribution in [0.4, 0.5) is 0 Å². The van der Waals surface area contributed by atoms with E-state index in [9.17, 15) is 8.42 Å². The third kappa shape index (κ3) is 3.43. The van der Waals surface area contributed by atoms with Crippen molar-refractivity contribution >= 4 is 10.1 Å². The molecule has 0 amide bonds. The van der Waals surface area contributed by atoms with Gasteiger partial charge in [-0.3, -0.25) is 0 Å². The first-order chi connectivity index (χ1) is 14.9. The number of benzene rings is 4. The van der Waals surface area contributed by atoms with Crippen LogP contribution in [0.15, 0.2) is 89.8 Å². The van der Waals surface area contributed by atoms with Crippen LogP contribution in [-0.2, 0) is 16.5 Å². The smallest absolute Gasteiger partial charge is 0.339 e. The van der Waals surface area contributed by atoms with Gasteiger partial charge in [0.25, 0.3) is 0 Å². The molecule has 4 aromatic carbocycles. The normalized spacial score (nSPS) is 12.3. The second kappa shape index (κ2) is 7.40. The lowest BCUT2D eigenvalue weighted by Crippen LogP contribution is -2.11. The Morgan fingerprint density at radius 1 is 0.710 bits per heavy atom. The van der Waals surface area contributed by atoms with Crippen LogP contribution in [0.2, 0.25) is 0 Å². The molecule has 3 nitrogen and oxygen atoms in total. The summed E-state index contributed by atoms with van der Waals surface area (Å²) in [6.07, 6.45) is 0.903. The van der Waals surface area contributed by atoms with Crippen molar-refractivity contribution in [2.75, 3.05) is 0 Å². The van der Waals surface area contributed by atoms with E-state index in [0.29, 0.717) is 5.75 Å². The maximum atomic E-state index is 12.7. The van der Waals surface area contributed by atoms with E-state index in [1.54, 1.807) is 30.3 Å². The van der Waals surface area contributed by atoms with Gasteiger partial charge in [0.15, 0.2) is 0 Å². The second-order valence-corrected chi connectivity index (χ2v) is 9.50. The van der Waals surface area contributed by atoms with Gasteiger partial charge in [0.05, 0.1) is 0 Å². The van der Waals surface area contributed by atoms with Crippen LogP contribution in [-0.4, -0.2) is 8.42 Å². The molecule has 0 heterocycles. The molecule has 0 saturated heterocycles. The van der Waals surface area contributed by atoms with Crippen molar-refractivity contribution in [3.63, 3.8) is 0 Å². The van der Waals surface area contributed by atoms with Gasteiger partial charge in [-0.25, -0.2) is 0 Å². The molecule has 31 heavy (non-hydrogen) atoms. The minimum atomic E-state index is -3.88. The van der Waals surface area contributed by atoms with Gasteiger partial charge in [0.2, 0.25) is 0 Å². The molecule has 1 aliphatic rings. The summed E-state index contributed by atoms with van der Waals surface area (Å²) in [5, 5.41) is 0. The quantitative estimate of drug-likeness (QED) is 0.316. The number of fused-ring (bicyclic) bond motifs is 3. The fourth-order valence-electron chi connectivity index (χ4n) is 4.41. The number of rotatable bonds is 4. The average Bonchev–Trinajstić information content (AvgIpc) is 3.15. The molecular formula is C27H22O3S.